The first-order chi connectivity index (χ1) is 33.5. The zero-order valence-electron chi connectivity index (χ0n) is 36.3. The zero-order valence-corrected chi connectivity index (χ0v) is 36.3. The summed E-state index contributed by atoms with van der Waals surface area (Å²) < 4.78 is 0. The molecule has 0 atom stereocenters. The summed E-state index contributed by atoms with van der Waals surface area (Å²) in [6.07, 6.45) is 10.6. The van der Waals surface area contributed by atoms with E-state index >= 15 is 0 Å². The number of hydrogen-bond donors (Lipinski definition) is 1. The van der Waals surface area contributed by atoms with Crippen LogP contribution in [0.5, 0.6) is 0 Å². The first kappa shape index (κ1) is 40.3. The molecule has 12 rings (SSSR count). The van der Waals surface area contributed by atoms with Gasteiger partial charge in [0.15, 0.2) is 0 Å². The van der Waals surface area contributed by atoms with Gasteiger partial charge in [-0.25, -0.2) is 15.0 Å². The molecular weight excluding hydrogens is 839 g/mol. The van der Waals surface area contributed by atoms with Crippen LogP contribution in [0.15, 0.2) is 216 Å². The summed E-state index contributed by atoms with van der Waals surface area (Å²) in [5, 5.41) is 19.2. The minimum atomic E-state index is -1.55. The maximum Gasteiger partial charge on any atom is 0.140 e. The normalized spacial score (nSPS) is 13.0. The number of benzene rings is 6. The molecule has 0 bridgehead atoms. The van der Waals surface area contributed by atoms with Gasteiger partial charge in [-0.05, 0) is 89.5 Å². The second-order valence-corrected chi connectivity index (χ2v) is 16.5. The summed E-state index contributed by atoms with van der Waals surface area (Å²) in [5.74, 6) is 0. The lowest BCUT2D eigenvalue weighted by atomic mass is 9.80. The SMILES string of the molecule is OC(c1ccc(N=Cc2ccc3ccc4cccnc4c3n2)cc1)(c1ccc(N=Cc2ccc3ccc4cccnc4c3n2)cc1)c1ccc(N=Cc2ccc3ccc4cccnc4c3n2)cc1. The highest BCUT2D eigenvalue weighted by atomic mass is 16.3. The smallest absolute Gasteiger partial charge is 0.140 e. The quantitative estimate of drug-likeness (QED) is 0.0866. The fourth-order valence-corrected chi connectivity index (χ4v) is 8.72. The van der Waals surface area contributed by atoms with Crippen LogP contribution in [0.25, 0.3) is 65.4 Å². The second-order valence-electron chi connectivity index (χ2n) is 16.5. The minimum Gasteiger partial charge on any atom is -0.376 e. The lowest BCUT2D eigenvalue weighted by Gasteiger charge is -2.30. The van der Waals surface area contributed by atoms with Crippen molar-refractivity contribution >= 4 is 101 Å². The molecule has 0 radical (unpaired) electrons. The molecule has 12 aromatic rings. The monoisotopic (exact) mass is 875 g/mol. The molecule has 0 saturated carbocycles. The molecule has 0 spiro atoms. The minimum absolute atomic E-state index is 0.660. The average molecular weight is 876 g/mol. The highest BCUT2D eigenvalue weighted by Gasteiger charge is 2.34. The van der Waals surface area contributed by atoms with Gasteiger partial charge in [-0.1, -0.05) is 109 Å². The van der Waals surface area contributed by atoms with Crippen LogP contribution in [0.3, 0.4) is 0 Å². The predicted molar refractivity (Wildman–Crippen MR) is 274 cm³/mol. The zero-order chi connectivity index (χ0) is 45.4. The van der Waals surface area contributed by atoms with E-state index in [9.17, 15) is 5.11 Å². The molecule has 0 fully saturated rings. The molecule has 0 unspecified atom stereocenters. The van der Waals surface area contributed by atoms with E-state index < -0.39 is 5.60 Å². The van der Waals surface area contributed by atoms with E-state index in [1.54, 1.807) is 37.2 Å². The van der Waals surface area contributed by atoms with Gasteiger partial charge in [0.1, 0.15) is 5.60 Å². The van der Waals surface area contributed by atoms with E-state index in [0.29, 0.717) is 50.8 Å². The van der Waals surface area contributed by atoms with Crippen LogP contribution in [0, 0.1) is 0 Å². The summed E-state index contributed by atoms with van der Waals surface area (Å²) in [5.41, 5.74) is 9.73. The van der Waals surface area contributed by atoms with Crippen LogP contribution in [-0.4, -0.2) is 53.7 Å². The van der Waals surface area contributed by atoms with Crippen molar-refractivity contribution in [1.29, 1.82) is 0 Å². The molecule has 6 aromatic carbocycles. The molecule has 10 heteroatoms. The first-order valence-corrected chi connectivity index (χ1v) is 22.1. The number of fused-ring (bicyclic) bond motifs is 9. The molecule has 0 amide bonds. The maximum absolute atomic E-state index is 13.0. The topological polar surface area (TPSA) is 135 Å². The highest BCUT2D eigenvalue weighted by molar-refractivity contribution is 6.05. The van der Waals surface area contributed by atoms with Crippen molar-refractivity contribution < 1.29 is 5.11 Å². The van der Waals surface area contributed by atoms with Crippen molar-refractivity contribution in [2.75, 3.05) is 0 Å². The van der Waals surface area contributed by atoms with Crippen molar-refractivity contribution in [3.05, 3.63) is 234 Å². The predicted octanol–water partition coefficient (Wildman–Crippen LogP) is 12.5. The van der Waals surface area contributed by atoms with Crippen LogP contribution in [0.4, 0.5) is 17.1 Å². The lowest BCUT2D eigenvalue weighted by molar-refractivity contribution is 0.126. The molecule has 10 nitrogen and oxygen atoms in total. The number of nitrogens with zero attached hydrogens (tertiary/aromatic N) is 9. The number of rotatable bonds is 9. The van der Waals surface area contributed by atoms with Gasteiger partial charge in [-0.3, -0.25) is 29.9 Å². The van der Waals surface area contributed by atoms with Gasteiger partial charge in [0.05, 0.1) is 85.9 Å². The van der Waals surface area contributed by atoms with E-state index in [4.69, 9.17) is 29.9 Å². The Morgan fingerprint density at radius 1 is 0.309 bits per heavy atom. The van der Waals surface area contributed by atoms with E-state index in [0.717, 1.165) is 65.4 Å². The van der Waals surface area contributed by atoms with Crippen molar-refractivity contribution in [2.45, 2.75) is 5.60 Å². The number of pyridine rings is 6. The Morgan fingerprint density at radius 3 is 0.868 bits per heavy atom. The third-order valence-electron chi connectivity index (χ3n) is 12.3. The first-order valence-electron chi connectivity index (χ1n) is 22.1. The van der Waals surface area contributed by atoms with Gasteiger partial charge in [-0.15, -0.1) is 0 Å². The molecule has 0 saturated heterocycles. The third kappa shape index (κ3) is 7.56. The number of aliphatic imine (C=N–C) groups is 3. The molecule has 320 valence electrons. The van der Waals surface area contributed by atoms with Gasteiger partial charge in [0.25, 0.3) is 0 Å². The molecule has 6 heterocycles. The Morgan fingerprint density at radius 2 is 0.574 bits per heavy atom. The van der Waals surface area contributed by atoms with Crippen LogP contribution in [0.2, 0.25) is 0 Å². The number of aliphatic hydroxyl groups is 1. The standard InChI is InChI=1S/C58H37N9O/c68-58(43-16-25-46(26-17-43)62-34-49-22-13-40-10-7-37-4-1-31-59-52(37)55(40)65-49,44-18-27-47(28-19-44)63-35-50-23-14-41-11-8-38-5-2-32-60-53(38)56(41)66-50)45-20-29-48(30-21-45)64-36-51-24-15-42-12-9-39-6-3-33-61-54(39)57(42)67-51/h1-36,68H. The van der Waals surface area contributed by atoms with E-state index in [1.807, 2.05) is 146 Å². The summed E-state index contributed by atoms with van der Waals surface area (Å²) in [7, 11) is 0. The van der Waals surface area contributed by atoms with Crippen molar-refractivity contribution in [3.8, 4) is 0 Å². The van der Waals surface area contributed by atoms with Gasteiger partial charge >= 0.3 is 0 Å². The van der Waals surface area contributed by atoms with Crippen LogP contribution >= 0.6 is 0 Å². The van der Waals surface area contributed by atoms with Crippen LogP contribution in [0.1, 0.15) is 33.8 Å². The van der Waals surface area contributed by atoms with Crippen LogP contribution in [-0.2, 0) is 5.60 Å². The largest absolute Gasteiger partial charge is 0.376 e. The van der Waals surface area contributed by atoms with E-state index in [2.05, 4.69) is 51.4 Å². The highest BCUT2D eigenvalue weighted by Crippen LogP contribution is 2.39. The van der Waals surface area contributed by atoms with Gasteiger partial charge in [0.2, 0.25) is 0 Å². The Balaban J connectivity index is 0.855. The third-order valence-corrected chi connectivity index (χ3v) is 12.3. The molecule has 1 N–H and O–H groups in total. The Labute approximate surface area is 389 Å². The Hall–Kier alpha value is -9.25. The summed E-state index contributed by atoms with van der Waals surface area (Å²) in [6, 6.07) is 59.0. The average Bonchev–Trinajstić information content (AvgIpc) is 3.41. The Kier molecular flexibility index (Phi) is 10.0. The van der Waals surface area contributed by atoms with Crippen molar-refractivity contribution in [1.82, 2.24) is 29.9 Å². The van der Waals surface area contributed by atoms with Crippen LogP contribution < -0.4 is 0 Å². The second kappa shape index (κ2) is 17.0. The maximum atomic E-state index is 13.0. The molecule has 0 aliphatic carbocycles. The molecule has 6 aromatic heterocycles. The van der Waals surface area contributed by atoms with E-state index in [-0.39, 0.29) is 0 Å². The number of aromatic nitrogens is 6. The summed E-state index contributed by atoms with van der Waals surface area (Å²) in [6.45, 7) is 0. The molecule has 68 heavy (non-hydrogen) atoms. The molecule has 0 aliphatic heterocycles. The number of hydrogen-bond acceptors (Lipinski definition) is 10. The van der Waals surface area contributed by atoms with Gasteiger partial charge < -0.3 is 5.11 Å². The van der Waals surface area contributed by atoms with Gasteiger partial charge in [-0.2, -0.15) is 0 Å². The fourth-order valence-electron chi connectivity index (χ4n) is 8.72. The van der Waals surface area contributed by atoms with Crippen molar-refractivity contribution in [3.63, 3.8) is 0 Å². The van der Waals surface area contributed by atoms with Gasteiger partial charge in [0, 0.05) is 50.9 Å². The lowest BCUT2D eigenvalue weighted by Crippen LogP contribution is -2.28. The van der Waals surface area contributed by atoms with E-state index in [1.165, 1.54) is 0 Å². The molecule has 0 aliphatic rings. The summed E-state index contributed by atoms with van der Waals surface area (Å²) >= 11 is 0. The fraction of sp³-hybridized carbons (Fsp3) is 0.0172. The molecular formula is C58H37N9O. The van der Waals surface area contributed by atoms with Crippen molar-refractivity contribution in [2.24, 2.45) is 15.0 Å². The summed E-state index contributed by atoms with van der Waals surface area (Å²) in [4.78, 5) is 42.7. The Bertz CT molecular complexity index is 3570.